The molecule has 0 spiro atoms. The second kappa shape index (κ2) is 12.5. The molecule has 0 amide bonds. The Morgan fingerprint density at radius 1 is 1.05 bits per heavy atom. The first-order chi connectivity index (χ1) is 20.7. The van der Waals surface area contributed by atoms with Gasteiger partial charge in [0.1, 0.15) is 12.4 Å². The van der Waals surface area contributed by atoms with Crippen molar-refractivity contribution in [2.75, 3.05) is 25.6 Å². The summed E-state index contributed by atoms with van der Waals surface area (Å²) in [5.74, 6) is -0.929. The fourth-order valence-electron chi connectivity index (χ4n) is 4.84. The molecule has 0 aliphatic carbocycles. The van der Waals surface area contributed by atoms with E-state index in [1.165, 1.54) is 23.5 Å². The van der Waals surface area contributed by atoms with Gasteiger partial charge in [-0.3, -0.25) is 9.36 Å². The second-order valence-corrected chi connectivity index (χ2v) is 11.1. The van der Waals surface area contributed by atoms with Gasteiger partial charge in [-0.2, -0.15) is 0 Å². The first-order valence-electron chi connectivity index (χ1n) is 13.7. The standard InChI is InChI=1S/C33H31N3O6S/c1-5-41-32(40)28-20(2)34-33-36(29(28)22-14-16-25(17-15-22)35(3)4)30(37)27(43-33)18-24-8-6-7-9-26(24)42-19-21-10-12-23(13-11-21)31(38)39/h6-18,29H,5,19H2,1-4H3,(H,38,39)/b27-18-/t29-/m1/s1. The van der Waals surface area contributed by atoms with Crippen molar-refractivity contribution in [2.45, 2.75) is 26.5 Å². The lowest BCUT2D eigenvalue weighted by Gasteiger charge is -2.25. The Balaban J connectivity index is 1.55. The van der Waals surface area contributed by atoms with Gasteiger partial charge in [-0.15, -0.1) is 0 Å². The molecular weight excluding hydrogens is 566 g/mol. The number of thiazole rings is 1. The number of ether oxygens (including phenoxy) is 2. The number of para-hydroxylation sites is 1. The molecule has 0 fully saturated rings. The van der Waals surface area contributed by atoms with Crippen LogP contribution < -0.4 is 24.5 Å². The largest absolute Gasteiger partial charge is 0.488 e. The number of aromatic nitrogens is 1. The van der Waals surface area contributed by atoms with Crippen LogP contribution in [-0.4, -0.2) is 42.3 Å². The molecule has 1 atom stereocenters. The zero-order chi connectivity index (χ0) is 30.7. The number of allylic oxidation sites excluding steroid dienone is 1. The highest BCUT2D eigenvalue weighted by atomic mass is 32.1. The minimum absolute atomic E-state index is 0.201. The zero-order valence-corrected chi connectivity index (χ0v) is 25.1. The van der Waals surface area contributed by atoms with Crippen molar-refractivity contribution in [1.29, 1.82) is 0 Å². The van der Waals surface area contributed by atoms with Crippen LogP contribution in [0.1, 0.15) is 46.9 Å². The minimum atomic E-state index is -0.989. The quantitative estimate of drug-likeness (QED) is 0.289. The Morgan fingerprint density at radius 3 is 2.40 bits per heavy atom. The number of nitrogens with zero attached hydrogens (tertiary/aromatic N) is 3. The molecule has 0 saturated heterocycles. The number of esters is 1. The third-order valence-electron chi connectivity index (χ3n) is 7.04. The second-order valence-electron chi connectivity index (χ2n) is 10.1. The summed E-state index contributed by atoms with van der Waals surface area (Å²) < 4.78 is 13.5. The number of carboxylic acids is 1. The molecule has 220 valence electrons. The van der Waals surface area contributed by atoms with Crippen molar-refractivity contribution in [2.24, 2.45) is 4.99 Å². The van der Waals surface area contributed by atoms with E-state index >= 15 is 0 Å². The van der Waals surface area contributed by atoms with Crippen molar-refractivity contribution in [1.82, 2.24) is 4.57 Å². The predicted octanol–water partition coefficient (Wildman–Crippen LogP) is 4.14. The van der Waals surface area contributed by atoms with Crippen LogP contribution in [0.3, 0.4) is 0 Å². The lowest BCUT2D eigenvalue weighted by Crippen LogP contribution is -2.40. The number of aromatic carboxylic acids is 1. The molecule has 3 aromatic carbocycles. The van der Waals surface area contributed by atoms with Crippen molar-refractivity contribution in [3.05, 3.63) is 126 Å². The van der Waals surface area contributed by atoms with Crippen LogP contribution in [0.15, 0.2) is 93.9 Å². The van der Waals surface area contributed by atoms with Crippen molar-refractivity contribution in [3.8, 4) is 5.75 Å². The number of rotatable bonds is 9. The number of hydrogen-bond donors (Lipinski definition) is 1. The number of carboxylic acid groups (broad SMARTS) is 1. The summed E-state index contributed by atoms with van der Waals surface area (Å²) in [5, 5.41) is 9.14. The average molecular weight is 598 g/mol. The molecule has 4 aromatic rings. The molecule has 0 saturated carbocycles. The normalized spacial score (nSPS) is 14.6. The highest BCUT2D eigenvalue weighted by molar-refractivity contribution is 7.07. The summed E-state index contributed by atoms with van der Waals surface area (Å²) in [6, 6.07) is 20.9. The van der Waals surface area contributed by atoms with Gasteiger partial charge in [-0.25, -0.2) is 14.6 Å². The predicted molar refractivity (Wildman–Crippen MR) is 165 cm³/mol. The maximum absolute atomic E-state index is 14.0. The van der Waals surface area contributed by atoms with E-state index in [0.717, 1.165) is 16.8 Å². The smallest absolute Gasteiger partial charge is 0.338 e. The topological polar surface area (TPSA) is 110 Å². The van der Waals surface area contributed by atoms with Gasteiger partial charge in [-0.05, 0) is 61.4 Å². The first-order valence-corrected chi connectivity index (χ1v) is 14.5. The van der Waals surface area contributed by atoms with Crippen molar-refractivity contribution >= 4 is 35.0 Å². The number of benzene rings is 3. The molecular formula is C33H31N3O6S. The Kier molecular flexibility index (Phi) is 8.58. The summed E-state index contributed by atoms with van der Waals surface area (Å²) in [4.78, 5) is 45.4. The summed E-state index contributed by atoms with van der Waals surface area (Å²) in [7, 11) is 3.89. The lowest BCUT2D eigenvalue weighted by molar-refractivity contribution is -0.139. The molecule has 0 unspecified atom stereocenters. The number of hydrogen-bond acceptors (Lipinski definition) is 8. The van der Waals surface area contributed by atoms with Crippen LogP contribution >= 0.6 is 11.3 Å². The third kappa shape index (κ3) is 6.14. The van der Waals surface area contributed by atoms with Crippen LogP contribution in [0.4, 0.5) is 5.69 Å². The molecule has 5 rings (SSSR count). The van der Waals surface area contributed by atoms with E-state index in [0.29, 0.717) is 31.9 Å². The van der Waals surface area contributed by atoms with E-state index in [2.05, 4.69) is 4.99 Å². The van der Waals surface area contributed by atoms with E-state index in [9.17, 15) is 14.4 Å². The van der Waals surface area contributed by atoms with Gasteiger partial charge in [0.25, 0.3) is 5.56 Å². The van der Waals surface area contributed by atoms with Gasteiger partial charge < -0.3 is 19.5 Å². The molecule has 1 aliphatic heterocycles. The van der Waals surface area contributed by atoms with Gasteiger partial charge in [0.2, 0.25) is 0 Å². The molecule has 0 radical (unpaired) electrons. The van der Waals surface area contributed by atoms with Crippen molar-refractivity contribution < 1.29 is 24.2 Å². The van der Waals surface area contributed by atoms with Crippen LogP contribution in [0, 0.1) is 0 Å². The fraction of sp³-hybridized carbons (Fsp3) is 0.212. The van der Waals surface area contributed by atoms with Gasteiger partial charge in [0.05, 0.1) is 34.0 Å². The Labute approximate surface area is 252 Å². The van der Waals surface area contributed by atoms with Gasteiger partial charge in [0, 0.05) is 25.3 Å². The summed E-state index contributed by atoms with van der Waals surface area (Å²) in [6.45, 7) is 3.93. The van der Waals surface area contributed by atoms with Crippen LogP contribution in [0.2, 0.25) is 0 Å². The molecule has 1 aliphatic rings. The minimum Gasteiger partial charge on any atom is -0.488 e. The highest BCUT2D eigenvalue weighted by Gasteiger charge is 2.33. The Bertz CT molecular complexity index is 1890. The first kappa shape index (κ1) is 29.5. The summed E-state index contributed by atoms with van der Waals surface area (Å²) in [6.07, 6.45) is 1.77. The molecule has 2 heterocycles. The SMILES string of the molecule is CCOC(=O)C1=C(C)N=c2s/c(=C\c3ccccc3OCc3ccc(C(=O)O)cc3)c(=O)n2[C@@H]1c1ccc(N(C)C)cc1. The van der Waals surface area contributed by atoms with E-state index < -0.39 is 18.0 Å². The van der Waals surface area contributed by atoms with E-state index in [-0.39, 0.29) is 24.3 Å². The molecule has 1 aromatic heterocycles. The number of carbonyl (C=O) groups is 2. The number of carbonyl (C=O) groups excluding carboxylic acids is 1. The third-order valence-corrected chi connectivity index (χ3v) is 8.03. The average Bonchev–Trinajstić information content (AvgIpc) is 3.30. The maximum atomic E-state index is 14.0. The highest BCUT2D eigenvalue weighted by Crippen LogP contribution is 2.31. The van der Waals surface area contributed by atoms with E-state index in [1.807, 2.05) is 67.5 Å². The van der Waals surface area contributed by atoms with Gasteiger partial charge >= 0.3 is 11.9 Å². The zero-order valence-electron chi connectivity index (χ0n) is 24.2. The Morgan fingerprint density at radius 2 is 1.74 bits per heavy atom. The van der Waals surface area contributed by atoms with Gasteiger partial charge in [0.15, 0.2) is 4.80 Å². The monoisotopic (exact) mass is 597 g/mol. The number of fused-ring (bicyclic) bond motifs is 1. The maximum Gasteiger partial charge on any atom is 0.338 e. The van der Waals surface area contributed by atoms with Crippen molar-refractivity contribution in [3.63, 3.8) is 0 Å². The number of anilines is 1. The summed E-state index contributed by atoms with van der Waals surface area (Å²) >= 11 is 1.24. The molecule has 43 heavy (non-hydrogen) atoms. The Hall–Kier alpha value is -4.96. The van der Waals surface area contributed by atoms with E-state index in [4.69, 9.17) is 14.6 Å². The molecule has 0 bridgehead atoms. The van der Waals surface area contributed by atoms with Gasteiger partial charge in [-0.1, -0.05) is 53.8 Å². The van der Waals surface area contributed by atoms with Crippen LogP contribution in [0.5, 0.6) is 5.75 Å². The molecule has 9 nitrogen and oxygen atoms in total. The fourth-order valence-corrected chi connectivity index (χ4v) is 5.88. The lowest BCUT2D eigenvalue weighted by atomic mass is 9.95. The van der Waals surface area contributed by atoms with Crippen LogP contribution in [-0.2, 0) is 16.1 Å². The van der Waals surface area contributed by atoms with E-state index in [1.54, 1.807) is 36.6 Å². The molecule has 10 heteroatoms. The summed E-state index contributed by atoms with van der Waals surface area (Å²) in [5.41, 5.74) is 4.02. The molecule has 1 N–H and O–H groups in total. The van der Waals surface area contributed by atoms with Crippen LogP contribution in [0.25, 0.3) is 6.08 Å².